The molecule has 0 spiro atoms. The monoisotopic (exact) mass is 292 g/mol. The smallest absolute Gasteiger partial charge is 0.220 e. The average Bonchev–Trinajstić information content (AvgIpc) is 2.44. The Morgan fingerprint density at radius 2 is 1.90 bits per heavy atom. The van der Waals surface area contributed by atoms with Gasteiger partial charge in [-0.2, -0.15) is 0 Å². The van der Waals surface area contributed by atoms with Gasteiger partial charge in [-0.15, -0.1) is 0 Å². The SMILES string of the molecule is CC(CCc1ccc(OC(C)C)cc1)NC(=O)CCCN. The predicted molar refractivity (Wildman–Crippen MR) is 86.4 cm³/mol. The van der Waals surface area contributed by atoms with E-state index in [0.29, 0.717) is 13.0 Å². The molecule has 0 radical (unpaired) electrons. The number of ether oxygens (including phenoxy) is 1. The average molecular weight is 292 g/mol. The van der Waals surface area contributed by atoms with E-state index >= 15 is 0 Å². The summed E-state index contributed by atoms with van der Waals surface area (Å²) in [7, 11) is 0. The van der Waals surface area contributed by atoms with Crippen LogP contribution in [0.5, 0.6) is 5.75 Å². The molecule has 0 heterocycles. The van der Waals surface area contributed by atoms with E-state index in [0.717, 1.165) is 25.0 Å². The highest BCUT2D eigenvalue weighted by molar-refractivity contribution is 5.76. The first-order chi connectivity index (χ1) is 10.0. The molecule has 1 unspecified atom stereocenters. The highest BCUT2D eigenvalue weighted by Crippen LogP contribution is 2.15. The van der Waals surface area contributed by atoms with Crippen LogP contribution in [0.15, 0.2) is 24.3 Å². The molecule has 21 heavy (non-hydrogen) atoms. The highest BCUT2D eigenvalue weighted by atomic mass is 16.5. The summed E-state index contributed by atoms with van der Waals surface area (Å²) in [5.74, 6) is 0.991. The maximum Gasteiger partial charge on any atom is 0.220 e. The molecule has 1 aromatic carbocycles. The van der Waals surface area contributed by atoms with Crippen molar-refractivity contribution in [3.05, 3.63) is 29.8 Å². The number of hydrogen-bond donors (Lipinski definition) is 2. The summed E-state index contributed by atoms with van der Waals surface area (Å²) in [4.78, 5) is 11.6. The Morgan fingerprint density at radius 1 is 1.24 bits per heavy atom. The normalized spacial score (nSPS) is 12.2. The summed E-state index contributed by atoms with van der Waals surface area (Å²) in [6, 6.07) is 8.35. The molecule has 0 saturated carbocycles. The third kappa shape index (κ3) is 7.71. The molecule has 0 aliphatic rings. The number of carbonyl (C=O) groups is 1. The fourth-order valence-electron chi connectivity index (χ4n) is 2.07. The van der Waals surface area contributed by atoms with Crippen LogP contribution < -0.4 is 15.8 Å². The van der Waals surface area contributed by atoms with Crippen molar-refractivity contribution in [1.29, 1.82) is 0 Å². The van der Waals surface area contributed by atoms with Crippen LogP contribution in [0.3, 0.4) is 0 Å². The largest absolute Gasteiger partial charge is 0.491 e. The first kappa shape index (κ1) is 17.5. The van der Waals surface area contributed by atoms with Crippen molar-refractivity contribution in [1.82, 2.24) is 5.32 Å². The minimum Gasteiger partial charge on any atom is -0.491 e. The van der Waals surface area contributed by atoms with Gasteiger partial charge in [0.15, 0.2) is 0 Å². The van der Waals surface area contributed by atoms with Gasteiger partial charge < -0.3 is 15.8 Å². The van der Waals surface area contributed by atoms with Gasteiger partial charge in [-0.1, -0.05) is 12.1 Å². The van der Waals surface area contributed by atoms with Gasteiger partial charge in [0.2, 0.25) is 5.91 Å². The van der Waals surface area contributed by atoms with Gasteiger partial charge in [0.05, 0.1) is 6.10 Å². The Bertz CT molecular complexity index is 415. The zero-order valence-corrected chi connectivity index (χ0v) is 13.4. The number of amides is 1. The molecule has 0 aliphatic heterocycles. The van der Waals surface area contributed by atoms with Crippen LogP contribution in [0.2, 0.25) is 0 Å². The van der Waals surface area contributed by atoms with Gasteiger partial charge in [0, 0.05) is 12.5 Å². The second-order valence-electron chi connectivity index (χ2n) is 5.71. The molecule has 118 valence electrons. The highest BCUT2D eigenvalue weighted by Gasteiger charge is 2.07. The van der Waals surface area contributed by atoms with Crippen molar-refractivity contribution in [2.24, 2.45) is 5.73 Å². The molecular weight excluding hydrogens is 264 g/mol. The molecule has 1 amide bonds. The fourth-order valence-corrected chi connectivity index (χ4v) is 2.07. The Balaban J connectivity index is 2.32. The Hall–Kier alpha value is -1.55. The minimum absolute atomic E-state index is 0.0913. The van der Waals surface area contributed by atoms with E-state index in [1.54, 1.807) is 0 Å². The molecule has 0 fully saturated rings. The van der Waals surface area contributed by atoms with Crippen molar-refractivity contribution in [3.63, 3.8) is 0 Å². The lowest BCUT2D eigenvalue weighted by atomic mass is 10.1. The molecule has 4 heteroatoms. The predicted octanol–water partition coefficient (Wildman–Crippen LogP) is 2.65. The molecular formula is C17H28N2O2. The van der Waals surface area contributed by atoms with Crippen LogP contribution in [0, 0.1) is 0 Å². The zero-order valence-electron chi connectivity index (χ0n) is 13.4. The van der Waals surface area contributed by atoms with E-state index < -0.39 is 0 Å². The van der Waals surface area contributed by atoms with Crippen molar-refractivity contribution in [2.75, 3.05) is 6.54 Å². The lowest BCUT2D eigenvalue weighted by Crippen LogP contribution is -2.33. The lowest BCUT2D eigenvalue weighted by molar-refractivity contribution is -0.121. The van der Waals surface area contributed by atoms with E-state index in [9.17, 15) is 4.79 Å². The number of rotatable bonds is 9. The van der Waals surface area contributed by atoms with Crippen molar-refractivity contribution in [3.8, 4) is 5.75 Å². The standard InChI is InChI=1S/C17H28N2O2/c1-13(2)21-16-10-8-15(9-11-16)7-6-14(3)19-17(20)5-4-12-18/h8-11,13-14H,4-7,12,18H2,1-3H3,(H,19,20). The molecule has 3 N–H and O–H groups in total. The van der Waals surface area contributed by atoms with Crippen molar-refractivity contribution >= 4 is 5.91 Å². The van der Waals surface area contributed by atoms with Crippen LogP contribution in [-0.4, -0.2) is 24.6 Å². The van der Waals surface area contributed by atoms with Gasteiger partial charge >= 0.3 is 0 Å². The molecule has 1 rings (SSSR count). The van der Waals surface area contributed by atoms with Crippen LogP contribution in [0.25, 0.3) is 0 Å². The number of aryl methyl sites for hydroxylation is 1. The van der Waals surface area contributed by atoms with E-state index in [2.05, 4.69) is 17.4 Å². The summed E-state index contributed by atoms with van der Waals surface area (Å²) in [6.45, 7) is 6.63. The number of carbonyl (C=O) groups excluding carboxylic acids is 1. The van der Waals surface area contributed by atoms with Crippen molar-refractivity contribution in [2.45, 2.75) is 58.6 Å². The van der Waals surface area contributed by atoms with E-state index in [1.807, 2.05) is 32.9 Å². The molecule has 4 nitrogen and oxygen atoms in total. The number of nitrogens with two attached hydrogens (primary N) is 1. The van der Waals surface area contributed by atoms with Gasteiger partial charge in [-0.3, -0.25) is 4.79 Å². The maximum atomic E-state index is 11.6. The molecule has 0 bridgehead atoms. The van der Waals surface area contributed by atoms with Crippen LogP contribution in [0.1, 0.15) is 45.6 Å². The zero-order chi connectivity index (χ0) is 15.7. The second-order valence-corrected chi connectivity index (χ2v) is 5.71. The summed E-state index contributed by atoms with van der Waals surface area (Å²) in [5.41, 5.74) is 6.65. The number of nitrogens with one attached hydrogen (secondary N) is 1. The van der Waals surface area contributed by atoms with Crippen molar-refractivity contribution < 1.29 is 9.53 Å². The third-order valence-corrected chi connectivity index (χ3v) is 3.18. The summed E-state index contributed by atoms with van der Waals surface area (Å²) in [6.07, 6.45) is 3.33. The Kier molecular flexibility index (Phi) is 7.83. The Morgan fingerprint density at radius 3 is 2.48 bits per heavy atom. The third-order valence-electron chi connectivity index (χ3n) is 3.18. The van der Waals surface area contributed by atoms with Crippen LogP contribution >= 0.6 is 0 Å². The van der Waals surface area contributed by atoms with Gasteiger partial charge in [0.25, 0.3) is 0 Å². The molecule has 0 aromatic heterocycles. The first-order valence-corrected chi connectivity index (χ1v) is 7.76. The second kappa shape index (κ2) is 9.40. The van der Waals surface area contributed by atoms with E-state index in [-0.39, 0.29) is 18.1 Å². The topological polar surface area (TPSA) is 64.3 Å². The van der Waals surface area contributed by atoms with Crippen LogP contribution in [-0.2, 0) is 11.2 Å². The van der Waals surface area contributed by atoms with Gasteiger partial charge in [-0.05, 0) is 64.3 Å². The van der Waals surface area contributed by atoms with Gasteiger partial charge in [0.1, 0.15) is 5.75 Å². The number of hydrogen-bond acceptors (Lipinski definition) is 3. The van der Waals surface area contributed by atoms with E-state index in [1.165, 1.54) is 5.56 Å². The summed E-state index contributed by atoms with van der Waals surface area (Å²) >= 11 is 0. The summed E-state index contributed by atoms with van der Waals surface area (Å²) in [5, 5.41) is 3.00. The minimum atomic E-state index is 0.0913. The molecule has 1 atom stereocenters. The molecule has 0 aliphatic carbocycles. The first-order valence-electron chi connectivity index (χ1n) is 7.76. The quantitative estimate of drug-likeness (QED) is 0.735. The molecule has 1 aromatic rings. The number of benzene rings is 1. The van der Waals surface area contributed by atoms with Gasteiger partial charge in [-0.25, -0.2) is 0 Å². The fraction of sp³-hybridized carbons (Fsp3) is 0.588. The van der Waals surface area contributed by atoms with Crippen LogP contribution in [0.4, 0.5) is 0 Å². The molecule has 0 saturated heterocycles. The lowest BCUT2D eigenvalue weighted by Gasteiger charge is -2.14. The maximum absolute atomic E-state index is 11.6. The summed E-state index contributed by atoms with van der Waals surface area (Å²) < 4.78 is 5.62. The Labute approximate surface area is 128 Å². The van der Waals surface area contributed by atoms with E-state index in [4.69, 9.17) is 10.5 Å².